The summed E-state index contributed by atoms with van der Waals surface area (Å²) in [6.45, 7) is 2.54. The van der Waals surface area contributed by atoms with Gasteiger partial charge in [0.25, 0.3) is 0 Å². The number of aromatic amines is 1. The fraction of sp³-hybridized carbons (Fsp3) is 0.273. The minimum atomic E-state index is -0.930. The lowest BCUT2D eigenvalue weighted by molar-refractivity contribution is -0.150. The molecule has 3 atom stereocenters. The first-order chi connectivity index (χ1) is 21.4. The van der Waals surface area contributed by atoms with Gasteiger partial charge in [0.1, 0.15) is 29.3 Å². The highest BCUT2D eigenvalue weighted by Crippen LogP contribution is 2.23. The first kappa shape index (κ1) is 30.3. The number of hydrogen-bond acceptors (Lipinski definition) is 7. The number of amides is 3. The molecule has 3 amide bonds. The van der Waals surface area contributed by atoms with Gasteiger partial charge in [0, 0.05) is 32.1 Å². The molecule has 3 aromatic carbocycles. The zero-order chi connectivity index (χ0) is 30.9. The van der Waals surface area contributed by atoms with E-state index in [0.29, 0.717) is 30.2 Å². The summed E-state index contributed by atoms with van der Waals surface area (Å²) in [4.78, 5) is 48.6. The molecule has 1 aliphatic heterocycles. The van der Waals surface area contributed by atoms with Crippen LogP contribution in [0.15, 0.2) is 91.4 Å². The van der Waals surface area contributed by atoms with Crippen molar-refractivity contribution in [1.82, 2.24) is 25.5 Å². The van der Waals surface area contributed by atoms with Gasteiger partial charge in [-0.15, -0.1) is 0 Å². The monoisotopic (exact) mass is 596 g/mol. The predicted molar refractivity (Wildman–Crippen MR) is 164 cm³/mol. The number of piperazine rings is 1. The Bertz CT molecular complexity index is 1530. The van der Waals surface area contributed by atoms with E-state index < -0.39 is 24.0 Å². The number of imidazole rings is 1. The second-order valence-corrected chi connectivity index (χ2v) is 10.5. The van der Waals surface area contributed by atoms with Crippen molar-refractivity contribution in [2.45, 2.75) is 44.4 Å². The molecule has 2 heterocycles. The van der Waals surface area contributed by atoms with E-state index in [2.05, 4.69) is 20.6 Å². The number of ether oxygens (including phenoxy) is 2. The van der Waals surface area contributed by atoms with E-state index in [9.17, 15) is 14.4 Å². The van der Waals surface area contributed by atoms with Crippen LogP contribution in [0.5, 0.6) is 17.2 Å². The molecular formula is C33H36N6O5. The van der Waals surface area contributed by atoms with Crippen molar-refractivity contribution in [2.75, 3.05) is 13.2 Å². The Morgan fingerprint density at radius 3 is 2.34 bits per heavy atom. The average molecular weight is 597 g/mol. The second-order valence-electron chi connectivity index (χ2n) is 10.5. The van der Waals surface area contributed by atoms with Gasteiger partial charge in [0.2, 0.25) is 17.7 Å². The Morgan fingerprint density at radius 2 is 1.66 bits per heavy atom. The van der Waals surface area contributed by atoms with Crippen molar-refractivity contribution >= 4 is 17.7 Å². The summed E-state index contributed by atoms with van der Waals surface area (Å²) in [6.07, 6.45) is 3.73. The molecule has 0 bridgehead atoms. The molecule has 1 aliphatic rings. The van der Waals surface area contributed by atoms with Gasteiger partial charge >= 0.3 is 0 Å². The zero-order valence-corrected chi connectivity index (χ0v) is 24.4. The largest absolute Gasteiger partial charge is 0.494 e. The fourth-order valence-electron chi connectivity index (χ4n) is 5.01. The number of nitrogens with one attached hydrogen (secondary N) is 3. The van der Waals surface area contributed by atoms with E-state index in [1.807, 2.05) is 85.8 Å². The lowest BCUT2D eigenvalue weighted by Crippen LogP contribution is -2.66. The van der Waals surface area contributed by atoms with Gasteiger partial charge in [0.05, 0.1) is 24.7 Å². The van der Waals surface area contributed by atoms with Crippen molar-refractivity contribution in [2.24, 2.45) is 5.73 Å². The highest BCUT2D eigenvalue weighted by Gasteiger charge is 2.40. The SMILES string of the molecule is CCOc1ccc(CC2NC(=O)C(CNC(=O)[C@@H](N)Cc3c[nH]cn3)N(Cc3ccc(Oc4ccccc4)cc3)C2=O)cc1. The van der Waals surface area contributed by atoms with Crippen molar-refractivity contribution < 1.29 is 23.9 Å². The van der Waals surface area contributed by atoms with Crippen LogP contribution >= 0.6 is 0 Å². The molecule has 0 spiro atoms. The summed E-state index contributed by atoms with van der Waals surface area (Å²) in [5.74, 6) is 1.05. The molecule has 1 aromatic heterocycles. The Balaban J connectivity index is 1.30. The van der Waals surface area contributed by atoms with E-state index >= 15 is 0 Å². The molecule has 5 rings (SSSR count). The fourth-order valence-corrected chi connectivity index (χ4v) is 5.01. The number of para-hydroxylation sites is 1. The number of aromatic nitrogens is 2. The summed E-state index contributed by atoms with van der Waals surface area (Å²) < 4.78 is 11.4. The van der Waals surface area contributed by atoms with Crippen LogP contribution in [0.25, 0.3) is 0 Å². The summed E-state index contributed by atoms with van der Waals surface area (Å²) in [5, 5.41) is 5.63. The number of carbonyl (C=O) groups is 3. The van der Waals surface area contributed by atoms with Gasteiger partial charge in [-0.05, 0) is 54.4 Å². The molecule has 5 N–H and O–H groups in total. The highest BCUT2D eigenvalue weighted by atomic mass is 16.5. The Morgan fingerprint density at radius 1 is 0.977 bits per heavy atom. The topological polar surface area (TPSA) is 152 Å². The molecule has 11 heteroatoms. The second kappa shape index (κ2) is 14.3. The van der Waals surface area contributed by atoms with E-state index in [-0.39, 0.29) is 31.3 Å². The van der Waals surface area contributed by atoms with Gasteiger partial charge < -0.3 is 35.7 Å². The van der Waals surface area contributed by atoms with Crippen LogP contribution in [-0.2, 0) is 33.8 Å². The predicted octanol–water partition coefficient (Wildman–Crippen LogP) is 2.73. The third kappa shape index (κ3) is 7.81. The quantitative estimate of drug-likeness (QED) is 0.185. The van der Waals surface area contributed by atoms with Gasteiger partial charge in [-0.2, -0.15) is 0 Å². The standard InChI is InChI=1S/C33H36N6O5/c1-2-43-25-12-8-22(9-13-25)16-29-33(42)39(20-23-10-14-27(15-11-23)44-26-6-4-3-5-7-26)30(32(41)38-29)19-36-31(40)28(34)17-24-18-35-21-37-24/h3-15,18,21,28-30H,2,16-17,19-20,34H2,1H3,(H,35,37)(H,36,40)(H,38,41)/t28-,29?,30?/m0/s1. The lowest BCUT2D eigenvalue weighted by Gasteiger charge is -2.39. The Labute approximate surface area is 255 Å². The highest BCUT2D eigenvalue weighted by molar-refractivity contribution is 5.97. The van der Waals surface area contributed by atoms with Crippen LogP contribution in [0.1, 0.15) is 23.7 Å². The average Bonchev–Trinajstić information content (AvgIpc) is 3.54. The molecule has 11 nitrogen and oxygen atoms in total. The van der Waals surface area contributed by atoms with Crippen LogP contribution in [0.3, 0.4) is 0 Å². The zero-order valence-electron chi connectivity index (χ0n) is 24.4. The summed E-state index contributed by atoms with van der Waals surface area (Å²) in [5.41, 5.74) is 8.42. The minimum Gasteiger partial charge on any atom is -0.494 e. The molecule has 44 heavy (non-hydrogen) atoms. The summed E-state index contributed by atoms with van der Waals surface area (Å²) in [6, 6.07) is 21.7. The van der Waals surface area contributed by atoms with Gasteiger partial charge in [0.15, 0.2) is 0 Å². The normalized spacial score (nSPS) is 17.1. The first-order valence-electron chi connectivity index (χ1n) is 14.5. The van der Waals surface area contributed by atoms with Gasteiger partial charge in [-0.1, -0.05) is 42.5 Å². The van der Waals surface area contributed by atoms with E-state index in [0.717, 1.165) is 16.9 Å². The van der Waals surface area contributed by atoms with E-state index in [4.69, 9.17) is 15.2 Å². The molecule has 1 fully saturated rings. The molecular weight excluding hydrogens is 560 g/mol. The Hall–Kier alpha value is -5.16. The number of benzene rings is 3. The number of hydrogen-bond donors (Lipinski definition) is 4. The van der Waals surface area contributed by atoms with Crippen molar-refractivity contribution in [3.05, 3.63) is 108 Å². The molecule has 1 saturated heterocycles. The third-order valence-corrected chi connectivity index (χ3v) is 7.30. The van der Waals surface area contributed by atoms with Crippen LogP contribution < -0.4 is 25.8 Å². The maximum absolute atomic E-state index is 13.9. The molecule has 228 valence electrons. The van der Waals surface area contributed by atoms with Crippen molar-refractivity contribution in [1.29, 1.82) is 0 Å². The van der Waals surface area contributed by atoms with Crippen molar-refractivity contribution in [3.63, 3.8) is 0 Å². The molecule has 2 unspecified atom stereocenters. The maximum Gasteiger partial charge on any atom is 0.246 e. The smallest absolute Gasteiger partial charge is 0.246 e. The van der Waals surface area contributed by atoms with Crippen LogP contribution in [0.2, 0.25) is 0 Å². The number of nitrogens with zero attached hydrogens (tertiary/aromatic N) is 2. The number of rotatable bonds is 13. The molecule has 4 aromatic rings. The maximum atomic E-state index is 13.9. The summed E-state index contributed by atoms with van der Waals surface area (Å²) >= 11 is 0. The van der Waals surface area contributed by atoms with Gasteiger partial charge in [-0.25, -0.2) is 4.98 Å². The van der Waals surface area contributed by atoms with E-state index in [1.54, 1.807) is 6.20 Å². The molecule has 0 saturated carbocycles. The lowest BCUT2D eigenvalue weighted by atomic mass is 9.99. The third-order valence-electron chi connectivity index (χ3n) is 7.30. The first-order valence-corrected chi connectivity index (χ1v) is 14.5. The molecule has 0 aliphatic carbocycles. The van der Waals surface area contributed by atoms with Gasteiger partial charge in [-0.3, -0.25) is 14.4 Å². The number of carbonyl (C=O) groups excluding carboxylic acids is 3. The van der Waals surface area contributed by atoms with E-state index in [1.165, 1.54) is 11.2 Å². The number of H-pyrrole nitrogens is 1. The van der Waals surface area contributed by atoms with Crippen LogP contribution in [-0.4, -0.2) is 63.9 Å². The molecule has 0 radical (unpaired) electrons. The van der Waals surface area contributed by atoms with Crippen molar-refractivity contribution in [3.8, 4) is 17.2 Å². The van der Waals surface area contributed by atoms with Crippen LogP contribution in [0, 0.1) is 0 Å². The Kier molecular flexibility index (Phi) is 9.88. The number of nitrogens with two attached hydrogens (primary N) is 1. The van der Waals surface area contributed by atoms with Crippen LogP contribution in [0.4, 0.5) is 0 Å². The summed E-state index contributed by atoms with van der Waals surface area (Å²) in [7, 11) is 0. The minimum absolute atomic E-state index is 0.0877.